The van der Waals surface area contributed by atoms with Gasteiger partial charge in [-0.25, -0.2) is 13.4 Å². The van der Waals surface area contributed by atoms with Crippen LogP contribution in [0.1, 0.15) is 19.3 Å². The van der Waals surface area contributed by atoms with Gasteiger partial charge in [0.15, 0.2) is 9.84 Å². The molecule has 1 N–H and O–H groups in total. The van der Waals surface area contributed by atoms with Crippen molar-refractivity contribution in [2.24, 2.45) is 5.10 Å². The SMILES string of the molecule is O=C(Nc1nncs1)C1=NN([C@H]2CCS(=O)(=O)C2)C(=O)CC1. The first kappa shape index (κ1) is 15.0. The molecular weight excluding hydrogens is 330 g/mol. The number of nitrogens with one attached hydrogen (secondary N) is 1. The number of sulfone groups is 1. The van der Waals surface area contributed by atoms with E-state index in [1.165, 1.54) is 16.8 Å². The van der Waals surface area contributed by atoms with Crippen LogP contribution < -0.4 is 5.32 Å². The zero-order valence-corrected chi connectivity index (χ0v) is 13.1. The lowest BCUT2D eigenvalue weighted by Gasteiger charge is -2.27. The van der Waals surface area contributed by atoms with E-state index in [-0.39, 0.29) is 36.0 Å². The molecule has 1 aromatic heterocycles. The van der Waals surface area contributed by atoms with Crippen LogP contribution in [-0.4, -0.2) is 58.7 Å². The lowest BCUT2D eigenvalue weighted by Crippen LogP contribution is -2.42. The quantitative estimate of drug-likeness (QED) is 0.800. The van der Waals surface area contributed by atoms with Crippen LogP contribution in [0.15, 0.2) is 10.6 Å². The molecule has 1 aromatic rings. The number of nitrogens with zero attached hydrogens (tertiary/aromatic N) is 4. The lowest BCUT2D eigenvalue weighted by molar-refractivity contribution is -0.133. The van der Waals surface area contributed by atoms with E-state index in [0.29, 0.717) is 11.6 Å². The molecule has 0 saturated carbocycles. The number of hydrogen-bond acceptors (Lipinski definition) is 8. The van der Waals surface area contributed by atoms with Gasteiger partial charge in [-0.15, -0.1) is 10.2 Å². The van der Waals surface area contributed by atoms with Crippen LogP contribution in [0.4, 0.5) is 5.13 Å². The summed E-state index contributed by atoms with van der Waals surface area (Å²) in [7, 11) is -3.13. The van der Waals surface area contributed by atoms with E-state index in [1.807, 2.05) is 0 Å². The Hall–Kier alpha value is -1.88. The van der Waals surface area contributed by atoms with Crippen molar-refractivity contribution in [1.82, 2.24) is 15.2 Å². The summed E-state index contributed by atoms with van der Waals surface area (Å²) in [4.78, 5) is 24.1. The minimum Gasteiger partial charge on any atom is -0.295 e. The van der Waals surface area contributed by atoms with Crippen molar-refractivity contribution in [1.29, 1.82) is 0 Å². The average molecular weight is 343 g/mol. The molecule has 0 aromatic carbocycles. The molecular formula is C11H13N5O4S2. The number of rotatable bonds is 3. The van der Waals surface area contributed by atoms with Crippen molar-refractivity contribution in [3.8, 4) is 0 Å². The third-order valence-corrected chi connectivity index (χ3v) is 5.81. The first-order chi connectivity index (χ1) is 10.4. The molecule has 1 saturated heterocycles. The topological polar surface area (TPSA) is 122 Å². The molecule has 2 aliphatic rings. The standard InChI is InChI=1S/C11H13N5O4S2/c17-9-2-1-8(10(18)13-11-14-12-6-21-11)15-16(9)7-3-4-22(19,20)5-7/h6-7H,1-5H2,(H,13,14,18)/t7-/m0/s1. The fraction of sp³-hybridized carbons (Fsp3) is 0.545. The predicted molar refractivity (Wildman–Crippen MR) is 79.1 cm³/mol. The van der Waals surface area contributed by atoms with Crippen LogP contribution in [0.2, 0.25) is 0 Å². The second-order valence-electron chi connectivity index (χ2n) is 5.04. The number of carbonyl (C=O) groups is 2. The monoisotopic (exact) mass is 343 g/mol. The Morgan fingerprint density at radius 3 is 2.86 bits per heavy atom. The van der Waals surface area contributed by atoms with E-state index in [2.05, 4.69) is 20.6 Å². The van der Waals surface area contributed by atoms with Gasteiger partial charge in [0.2, 0.25) is 11.0 Å². The molecule has 0 radical (unpaired) electrons. The average Bonchev–Trinajstić information content (AvgIpc) is 3.08. The summed E-state index contributed by atoms with van der Waals surface area (Å²) in [5.74, 6) is -0.763. The van der Waals surface area contributed by atoms with E-state index in [9.17, 15) is 18.0 Å². The maximum absolute atomic E-state index is 12.1. The molecule has 0 bridgehead atoms. The van der Waals surface area contributed by atoms with E-state index in [1.54, 1.807) is 0 Å². The molecule has 2 aliphatic heterocycles. The van der Waals surface area contributed by atoms with Gasteiger partial charge in [0.1, 0.15) is 11.2 Å². The van der Waals surface area contributed by atoms with Gasteiger partial charge < -0.3 is 0 Å². The second-order valence-corrected chi connectivity index (χ2v) is 8.10. The largest absolute Gasteiger partial charge is 0.295 e. The minimum atomic E-state index is -3.13. The third kappa shape index (κ3) is 3.14. The fourth-order valence-electron chi connectivity index (χ4n) is 2.38. The molecule has 11 heteroatoms. The Morgan fingerprint density at radius 1 is 1.41 bits per heavy atom. The fourth-order valence-corrected chi connectivity index (χ4v) is 4.52. The van der Waals surface area contributed by atoms with Crippen molar-refractivity contribution in [2.75, 3.05) is 16.8 Å². The number of hydrazone groups is 1. The molecule has 22 heavy (non-hydrogen) atoms. The highest BCUT2D eigenvalue weighted by Gasteiger charge is 2.37. The molecule has 3 rings (SSSR count). The number of amides is 2. The summed E-state index contributed by atoms with van der Waals surface area (Å²) in [5.41, 5.74) is 1.68. The Bertz CT molecular complexity index is 728. The molecule has 1 atom stereocenters. The zero-order chi connectivity index (χ0) is 15.7. The highest BCUT2D eigenvalue weighted by atomic mass is 32.2. The molecule has 9 nitrogen and oxygen atoms in total. The van der Waals surface area contributed by atoms with Crippen LogP contribution in [0.3, 0.4) is 0 Å². The first-order valence-corrected chi connectivity index (χ1v) is 9.32. The number of carbonyl (C=O) groups excluding carboxylic acids is 2. The van der Waals surface area contributed by atoms with Gasteiger partial charge in [0.25, 0.3) is 5.91 Å². The van der Waals surface area contributed by atoms with Crippen LogP contribution in [0.25, 0.3) is 0 Å². The van der Waals surface area contributed by atoms with Crippen LogP contribution in [0, 0.1) is 0 Å². The van der Waals surface area contributed by atoms with E-state index < -0.39 is 21.8 Å². The second kappa shape index (κ2) is 5.72. The molecule has 0 spiro atoms. The summed E-state index contributed by atoms with van der Waals surface area (Å²) < 4.78 is 23.1. The Morgan fingerprint density at radius 2 is 2.23 bits per heavy atom. The smallest absolute Gasteiger partial charge is 0.273 e. The summed E-state index contributed by atoms with van der Waals surface area (Å²) in [6.07, 6.45) is 0.710. The maximum Gasteiger partial charge on any atom is 0.273 e. The third-order valence-electron chi connectivity index (χ3n) is 3.46. The van der Waals surface area contributed by atoms with Crippen LogP contribution >= 0.6 is 11.3 Å². The van der Waals surface area contributed by atoms with Gasteiger partial charge in [0.05, 0.1) is 17.5 Å². The number of anilines is 1. The summed E-state index contributed by atoms with van der Waals surface area (Å²) in [6.45, 7) is 0. The van der Waals surface area contributed by atoms with Gasteiger partial charge in [-0.1, -0.05) is 11.3 Å². The highest BCUT2D eigenvalue weighted by molar-refractivity contribution is 7.91. The molecule has 0 unspecified atom stereocenters. The van der Waals surface area contributed by atoms with Crippen molar-refractivity contribution in [2.45, 2.75) is 25.3 Å². The van der Waals surface area contributed by atoms with Gasteiger partial charge >= 0.3 is 0 Å². The summed E-state index contributed by atoms with van der Waals surface area (Å²) in [6, 6.07) is -0.484. The van der Waals surface area contributed by atoms with Crippen molar-refractivity contribution in [3.63, 3.8) is 0 Å². The van der Waals surface area contributed by atoms with E-state index >= 15 is 0 Å². The molecule has 2 amide bonds. The van der Waals surface area contributed by atoms with Gasteiger partial charge in [-0.05, 0) is 6.42 Å². The maximum atomic E-state index is 12.1. The molecule has 1 fully saturated rings. The van der Waals surface area contributed by atoms with Gasteiger partial charge in [0, 0.05) is 12.8 Å². The zero-order valence-electron chi connectivity index (χ0n) is 11.4. The number of hydrogen-bond donors (Lipinski definition) is 1. The van der Waals surface area contributed by atoms with Crippen molar-refractivity contribution < 1.29 is 18.0 Å². The Kier molecular flexibility index (Phi) is 3.91. The minimum absolute atomic E-state index is 0.0449. The van der Waals surface area contributed by atoms with Crippen LogP contribution in [0.5, 0.6) is 0 Å². The summed E-state index contributed by atoms with van der Waals surface area (Å²) >= 11 is 1.17. The molecule has 0 aliphatic carbocycles. The normalized spacial score (nSPS) is 24.2. The van der Waals surface area contributed by atoms with E-state index in [4.69, 9.17) is 0 Å². The van der Waals surface area contributed by atoms with Crippen LogP contribution in [-0.2, 0) is 19.4 Å². The lowest BCUT2D eigenvalue weighted by atomic mass is 10.1. The highest BCUT2D eigenvalue weighted by Crippen LogP contribution is 2.22. The number of aromatic nitrogens is 2. The van der Waals surface area contributed by atoms with Gasteiger partial charge in [-0.3, -0.25) is 14.9 Å². The Labute approximate surface area is 130 Å². The molecule has 118 valence electrons. The van der Waals surface area contributed by atoms with Crippen molar-refractivity contribution in [3.05, 3.63) is 5.51 Å². The van der Waals surface area contributed by atoms with E-state index in [0.717, 1.165) is 5.01 Å². The van der Waals surface area contributed by atoms with Gasteiger partial charge in [-0.2, -0.15) is 5.10 Å². The predicted octanol–water partition coefficient (Wildman–Crippen LogP) is -0.358. The Balaban J connectivity index is 1.76. The molecule has 3 heterocycles. The van der Waals surface area contributed by atoms with Crippen molar-refractivity contribution >= 4 is 43.8 Å². The first-order valence-electron chi connectivity index (χ1n) is 6.62. The summed E-state index contributed by atoms with van der Waals surface area (Å²) in [5, 5.41) is 15.4.